The molecule has 0 spiro atoms. The van der Waals surface area contributed by atoms with E-state index in [1.807, 2.05) is 30.9 Å². The number of β-amino-alcohol motifs (C(OH)–C–C–N with tert-alkyl or cyclic N) is 1. The van der Waals surface area contributed by atoms with E-state index in [1.54, 1.807) is 0 Å². The second-order valence-corrected chi connectivity index (χ2v) is 5.04. The highest BCUT2D eigenvalue weighted by Crippen LogP contribution is 2.16. The Kier molecular flexibility index (Phi) is 3.99. The zero-order chi connectivity index (χ0) is 13.1. The van der Waals surface area contributed by atoms with Crippen molar-refractivity contribution in [2.75, 3.05) is 25.0 Å². The standard InChI is InChI=1S/C14H20N2O2/c1-10-3-4-13(11(2)7-10)15-14(18)9-16-6-5-12(17)8-16/h3-4,7,12,17H,5-6,8-9H2,1-2H3,(H,15,18)/t12-/m1/s1. The maximum absolute atomic E-state index is 11.9. The molecule has 0 unspecified atom stereocenters. The summed E-state index contributed by atoms with van der Waals surface area (Å²) < 4.78 is 0. The predicted molar refractivity (Wildman–Crippen MR) is 71.6 cm³/mol. The van der Waals surface area contributed by atoms with E-state index >= 15 is 0 Å². The maximum Gasteiger partial charge on any atom is 0.238 e. The number of nitrogens with zero attached hydrogens (tertiary/aromatic N) is 1. The number of aliphatic hydroxyl groups is 1. The van der Waals surface area contributed by atoms with E-state index in [2.05, 4.69) is 11.4 Å². The van der Waals surface area contributed by atoms with Gasteiger partial charge in [0.2, 0.25) is 5.91 Å². The number of amides is 1. The highest BCUT2D eigenvalue weighted by atomic mass is 16.3. The molecule has 1 aromatic rings. The summed E-state index contributed by atoms with van der Waals surface area (Å²) in [5.74, 6) is -0.0175. The van der Waals surface area contributed by atoms with Crippen LogP contribution in [0.5, 0.6) is 0 Å². The van der Waals surface area contributed by atoms with Crippen LogP contribution < -0.4 is 5.32 Å². The zero-order valence-corrected chi connectivity index (χ0v) is 10.9. The molecule has 1 aliphatic heterocycles. The van der Waals surface area contributed by atoms with Gasteiger partial charge >= 0.3 is 0 Å². The van der Waals surface area contributed by atoms with Crippen molar-refractivity contribution in [2.24, 2.45) is 0 Å². The van der Waals surface area contributed by atoms with Gasteiger partial charge in [-0.25, -0.2) is 0 Å². The van der Waals surface area contributed by atoms with E-state index in [9.17, 15) is 9.90 Å². The van der Waals surface area contributed by atoms with Crippen LogP contribution in [0.4, 0.5) is 5.69 Å². The van der Waals surface area contributed by atoms with Crippen LogP contribution in [0.25, 0.3) is 0 Å². The molecule has 0 bridgehead atoms. The number of aliphatic hydroxyl groups excluding tert-OH is 1. The fourth-order valence-corrected chi connectivity index (χ4v) is 2.30. The molecule has 0 aliphatic carbocycles. The molecule has 2 rings (SSSR count). The smallest absolute Gasteiger partial charge is 0.238 e. The molecule has 2 N–H and O–H groups in total. The zero-order valence-electron chi connectivity index (χ0n) is 10.9. The Morgan fingerprint density at radius 1 is 1.50 bits per heavy atom. The number of carbonyl (C=O) groups is 1. The highest BCUT2D eigenvalue weighted by Gasteiger charge is 2.21. The largest absolute Gasteiger partial charge is 0.392 e. The number of hydrogen-bond acceptors (Lipinski definition) is 3. The summed E-state index contributed by atoms with van der Waals surface area (Å²) in [6.07, 6.45) is 0.482. The van der Waals surface area contributed by atoms with Crippen molar-refractivity contribution in [3.63, 3.8) is 0 Å². The maximum atomic E-state index is 11.9. The number of rotatable bonds is 3. The Morgan fingerprint density at radius 3 is 2.89 bits per heavy atom. The number of aryl methyl sites for hydroxylation is 2. The van der Waals surface area contributed by atoms with Gasteiger partial charge < -0.3 is 10.4 Å². The van der Waals surface area contributed by atoms with Crippen molar-refractivity contribution >= 4 is 11.6 Å². The molecule has 1 amide bonds. The second-order valence-electron chi connectivity index (χ2n) is 5.04. The van der Waals surface area contributed by atoms with Crippen LogP contribution in [0.2, 0.25) is 0 Å². The van der Waals surface area contributed by atoms with Gasteiger partial charge in [-0.1, -0.05) is 17.7 Å². The summed E-state index contributed by atoms with van der Waals surface area (Å²) in [5.41, 5.74) is 3.13. The second kappa shape index (κ2) is 5.50. The lowest BCUT2D eigenvalue weighted by Gasteiger charge is -2.15. The van der Waals surface area contributed by atoms with Crippen molar-refractivity contribution < 1.29 is 9.90 Å². The fraction of sp³-hybridized carbons (Fsp3) is 0.500. The summed E-state index contributed by atoms with van der Waals surface area (Å²) in [5, 5.41) is 12.3. The number of hydrogen-bond donors (Lipinski definition) is 2. The lowest BCUT2D eigenvalue weighted by atomic mass is 10.1. The van der Waals surface area contributed by atoms with Crippen LogP contribution in [-0.4, -0.2) is 41.7 Å². The van der Waals surface area contributed by atoms with E-state index in [0.717, 1.165) is 24.2 Å². The van der Waals surface area contributed by atoms with Gasteiger partial charge in [0.05, 0.1) is 12.6 Å². The van der Waals surface area contributed by atoms with Crippen LogP contribution in [0.3, 0.4) is 0 Å². The topological polar surface area (TPSA) is 52.6 Å². The summed E-state index contributed by atoms with van der Waals surface area (Å²) in [6, 6.07) is 5.97. The molecule has 0 aromatic heterocycles. The molecule has 4 heteroatoms. The molecule has 18 heavy (non-hydrogen) atoms. The Balaban J connectivity index is 1.91. The van der Waals surface area contributed by atoms with Gasteiger partial charge in [0.15, 0.2) is 0 Å². The number of nitrogens with one attached hydrogen (secondary N) is 1. The molecule has 0 saturated carbocycles. The molecule has 98 valence electrons. The van der Waals surface area contributed by atoms with Gasteiger partial charge in [0.1, 0.15) is 0 Å². The lowest BCUT2D eigenvalue weighted by molar-refractivity contribution is -0.117. The van der Waals surface area contributed by atoms with Crippen molar-refractivity contribution in [3.8, 4) is 0 Å². The first-order valence-electron chi connectivity index (χ1n) is 6.32. The normalized spacial score (nSPS) is 20.1. The van der Waals surface area contributed by atoms with E-state index in [-0.39, 0.29) is 12.0 Å². The van der Waals surface area contributed by atoms with E-state index in [1.165, 1.54) is 5.56 Å². The van der Waals surface area contributed by atoms with E-state index < -0.39 is 0 Å². The van der Waals surface area contributed by atoms with Gasteiger partial charge in [-0.05, 0) is 31.9 Å². The van der Waals surface area contributed by atoms with Crippen molar-refractivity contribution in [1.82, 2.24) is 4.90 Å². The van der Waals surface area contributed by atoms with E-state index in [0.29, 0.717) is 13.1 Å². The van der Waals surface area contributed by atoms with Gasteiger partial charge in [-0.15, -0.1) is 0 Å². The highest BCUT2D eigenvalue weighted by molar-refractivity contribution is 5.93. The minimum absolute atomic E-state index is 0.0175. The molecule has 1 fully saturated rings. The Labute approximate surface area is 108 Å². The summed E-state index contributed by atoms with van der Waals surface area (Å²) in [7, 11) is 0. The van der Waals surface area contributed by atoms with Gasteiger partial charge in [0.25, 0.3) is 0 Å². The molecular weight excluding hydrogens is 228 g/mol. The molecule has 1 atom stereocenters. The van der Waals surface area contributed by atoms with Crippen LogP contribution in [0.1, 0.15) is 17.5 Å². The third kappa shape index (κ3) is 3.31. The van der Waals surface area contributed by atoms with Crippen molar-refractivity contribution in [3.05, 3.63) is 29.3 Å². The predicted octanol–water partition coefficient (Wildman–Crippen LogP) is 1.31. The molecule has 0 radical (unpaired) electrons. The third-order valence-corrected chi connectivity index (χ3v) is 3.27. The average molecular weight is 248 g/mol. The van der Waals surface area contributed by atoms with Crippen LogP contribution in [0, 0.1) is 13.8 Å². The minimum Gasteiger partial charge on any atom is -0.392 e. The van der Waals surface area contributed by atoms with Crippen LogP contribution in [0.15, 0.2) is 18.2 Å². The lowest BCUT2D eigenvalue weighted by Crippen LogP contribution is -2.32. The Morgan fingerprint density at radius 2 is 2.28 bits per heavy atom. The Hall–Kier alpha value is -1.39. The number of anilines is 1. The molecule has 1 aliphatic rings. The number of benzene rings is 1. The quantitative estimate of drug-likeness (QED) is 0.848. The summed E-state index contributed by atoms with van der Waals surface area (Å²) in [4.78, 5) is 13.9. The van der Waals surface area contributed by atoms with Crippen molar-refractivity contribution in [1.29, 1.82) is 0 Å². The first-order valence-corrected chi connectivity index (χ1v) is 6.32. The molecule has 1 heterocycles. The Bertz CT molecular complexity index is 445. The number of likely N-dealkylation sites (tertiary alicyclic amines) is 1. The monoisotopic (exact) mass is 248 g/mol. The first kappa shape index (κ1) is 13.1. The minimum atomic E-state index is -0.279. The van der Waals surface area contributed by atoms with E-state index in [4.69, 9.17) is 0 Å². The van der Waals surface area contributed by atoms with Crippen LogP contribution in [-0.2, 0) is 4.79 Å². The average Bonchev–Trinajstić information content (AvgIpc) is 2.68. The van der Waals surface area contributed by atoms with Gasteiger partial charge in [0, 0.05) is 18.8 Å². The summed E-state index contributed by atoms with van der Waals surface area (Å²) in [6.45, 7) is 5.76. The van der Waals surface area contributed by atoms with Crippen molar-refractivity contribution in [2.45, 2.75) is 26.4 Å². The SMILES string of the molecule is Cc1ccc(NC(=O)CN2CC[C@@H](O)C2)c(C)c1. The fourth-order valence-electron chi connectivity index (χ4n) is 2.30. The third-order valence-electron chi connectivity index (χ3n) is 3.27. The number of carbonyl (C=O) groups excluding carboxylic acids is 1. The molecule has 4 nitrogen and oxygen atoms in total. The van der Waals surface area contributed by atoms with Gasteiger partial charge in [-0.2, -0.15) is 0 Å². The van der Waals surface area contributed by atoms with Gasteiger partial charge in [-0.3, -0.25) is 9.69 Å². The van der Waals surface area contributed by atoms with Crippen LogP contribution >= 0.6 is 0 Å². The first-order chi connectivity index (χ1) is 8.54. The summed E-state index contributed by atoms with van der Waals surface area (Å²) >= 11 is 0. The molecule has 1 aromatic carbocycles. The molecular formula is C14H20N2O2. The molecule has 1 saturated heterocycles.